The summed E-state index contributed by atoms with van der Waals surface area (Å²) in [6, 6.07) is 12.1. The van der Waals surface area contributed by atoms with Crippen LogP contribution < -0.4 is 0 Å². The zero-order valence-electron chi connectivity index (χ0n) is 14.3. The predicted molar refractivity (Wildman–Crippen MR) is 91.4 cm³/mol. The highest BCUT2D eigenvalue weighted by Crippen LogP contribution is 2.47. The summed E-state index contributed by atoms with van der Waals surface area (Å²) in [6.45, 7) is 3.83. The minimum Gasteiger partial charge on any atom is -0.390 e. The fourth-order valence-electron chi connectivity index (χ4n) is 3.53. The van der Waals surface area contributed by atoms with E-state index in [2.05, 4.69) is 6.07 Å². The molecule has 0 saturated heterocycles. The normalized spacial score (nSPS) is 20.6. The first-order valence-corrected chi connectivity index (χ1v) is 8.02. The summed E-state index contributed by atoms with van der Waals surface area (Å²) in [5.41, 5.74) is 1.97. The summed E-state index contributed by atoms with van der Waals surface area (Å²) >= 11 is 0. The lowest BCUT2D eigenvalue weighted by Gasteiger charge is -2.32. The molecule has 1 N–H and O–H groups in total. The predicted octanol–water partition coefficient (Wildman–Crippen LogP) is 3.16. The monoisotopic (exact) mass is 338 g/mol. The van der Waals surface area contributed by atoms with E-state index in [0.29, 0.717) is 11.1 Å². The number of aliphatic hydroxyl groups is 1. The number of likely N-dealkylation sites (N-methyl/N-ethyl adjacent to an activating group) is 1. The molecule has 0 radical (unpaired) electrons. The average molecular weight is 338 g/mol. The highest BCUT2D eigenvalue weighted by atomic mass is 19.1. The summed E-state index contributed by atoms with van der Waals surface area (Å²) in [4.78, 5) is 14.3. The van der Waals surface area contributed by atoms with Crippen molar-refractivity contribution >= 4 is 5.91 Å². The summed E-state index contributed by atoms with van der Waals surface area (Å²) in [7, 11) is 1.61. The Bertz CT molecular complexity index is 868. The lowest BCUT2D eigenvalue weighted by molar-refractivity contribution is 0.0268. The Kier molecular flexibility index (Phi) is 4.09. The molecule has 0 fully saturated rings. The average Bonchev–Trinajstić information content (AvgIpc) is 2.80. The number of amides is 1. The molecule has 2 aromatic rings. The number of fused-ring (bicyclic) bond motifs is 1. The molecule has 0 heterocycles. The molecule has 25 heavy (non-hydrogen) atoms. The van der Waals surface area contributed by atoms with E-state index in [0.717, 1.165) is 11.1 Å². The molecule has 0 saturated carbocycles. The topological polar surface area (TPSA) is 64.3 Å². The molecule has 0 spiro atoms. The smallest absolute Gasteiger partial charge is 0.254 e. The fourth-order valence-corrected chi connectivity index (χ4v) is 3.53. The van der Waals surface area contributed by atoms with Crippen LogP contribution >= 0.6 is 0 Å². The van der Waals surface area contributed by atoms with Crippen LogP contribution in [0.2, 0.25) is 0 Å². The zero-order valence-corrected chi connectivity index (χ0v) is 14.3. The van der Waals surface area contributed by atoms with Crippen LogP contribution in [0, 0.1) is 17.1 Å². The van der Waals surface area contributed by atoms with E-state index < -0.39 is 23.4 Å². The summed E-state index contributed by atoms with van der Waals surface area (Å²) in [5, 5.41) is 20.0. The Morgan fingerprint density at radius 3 is 2.48 bits per heavy atom. The SMILES string of the molecule is CN(C(=O)c1ccc(F)cc1)[C@@H]1c2cc(C#N)ccc2C(C)(C)[C@H]1O. The largest absolute Gasteiger partial charge is 0.390 e. The van der Waals surface area contributed by atoms with Gasteiger partial charge in [0, 0.05) is 18.0 Å². The number of nitrogens with zero attached hydrogens (tertiary/aromatic N) is 2. The molecular formula is C20H19FN2O2. The van der Waals surface area contributed by atoms with Gasteiger partial charge in [-0.2, -0.15) is 5.26 Å². The van der Waals surface area contributed by atoms with Gasteiger partial charge in [-0.3, -0.25) is 4.79 Å². The first kappa shape index (κ1) is 17.1. The number of hydrogen-bond acceptors (Lipinski definition) is 3. The van der Waals surface area contributed by atoms with Crippen LogP contribution in [0.4, 0.5) is 4.39 Å². The lowest BCUT2D eigenvalue weighted by atomic mass is 9.84. The van der Waals surface area contributed by atoms with Crippen molar-refractivity contribution in [3.63, 3.8) is 0 Å². The van der Waals surface area contributed by atoms with Gasteiger partial charge in [0.15, 0.2) is 0 Å². The number of carbonyl (C=O) groups excluding carboxylic acids is 1. The first-order valence-electron chi connectivity index (χ1n) is 8.02. The van der Waals surface area contributed by atoms with E-state index in [4.69, 9.17) is 0 Å². The van der Waals surface area contributed by atoms with Crippen molar-refractivity contribution < 1.29 is 14.3 Å². The van der Waals surface area contributed by atoms with E-state index in [1.807, 2.05) is 19.9 Å². The molecule has 5 heteroatoms. The van der Waals surface area contributed by atoms with Crippen LogP contribution in [0.5, 0.6) is 0 Å². The Labute approximate surface area is 146 Å². The molecule has 0 aliphatic heterocycles. The third-order valence-corrected chi connectivity index (χ3v) is 5.06. The number of benzene rings is 2. The van der Waals surface area contributed by atoms with E-state index in [-0.39, 0.29) is 5.91 Å². The third kappa shape index (κ3) is 2.69. The molecule has 0 bridgehead atoms. The summed E-state index contributed by atoms with van der Waals surface area (Å²) in [5.74, 6) is -0.722. The van der Waals surface area contributed by atoms with E-state index in [1.165, 1.54) is 29.2 Å². The number of carbonyl (C=O) groups is 1. The first-order chi connectivity index (χ1) is 11.8. The van der Waals surface area contributed by atoms with Crippen LogP contribution in [0.1, 0.15) is 46.9 Å². The van der Waals surface area contributed by atoms with Crippen molar-refractivity contribution in [2.45, 2.75) is 31.4 Å². The molecule has 2 atom stereocenters. The van der Waals surface area contributed by atoms with Gasteiger partial charge in [0.25, 0.3) is 5.91 Å². The van der Waals surface area contributed by atoms with Crippen molar-refractivity contribution in [2.24, 2.45) is 0 Å². The number of nitriles is 1. The quantitative estimate of drug-likeness (QED) is 0.915. The van der Waals surface area contributed by atoms with Gasteiger partial charge in [-0.15, -0.1) is 0 Å². The minimum atomic E-state index is -0.814. The number of aliphatic hydroxyl groups excluding tert-OH is 1. The lowest BCUT2D eigenvalue weighted by Crippen LogP contribution is -2.40. The molecule has 1 aliphatic carbocycles. The van der Waals surface area contributed by atoms with Gasteiger partial charge in [0.2, 0.25) is 0 Å². The van der Waals surface area contributed by atoms with Crippen LogP contribution in [-0.2, 0) is 5.41 Å². The van der Waals surface area contributed by atoms with Crippen LogP contribution in [0.25, 0.3) is 0 Å². The Morgan fingerprint density at radius 2 is 1.88 bits per heavy atom. The second-order valence-corrected chi connectivity index (χ2v) is 6.95. The van der Waals surface area contributed by atoms with Gasteiger partial charge in [-0.25, -0.2) is 4.39 Å². The van der Waals surface area contributed by atoms with Gasteiger partial charge in [-0.1, -0.05) is 19.9 Å². The number of hydrogen-bond donors (Lipinski definition) is 1. The number of rotatable bonds is 2. The highest BCUT2D eigenvalue weighted by molar-refractivity contribution is 5.94. The van der Waals surface area contributed by atoms with E-state index in [9.17, 15) is 19.6 Å². The van der Waals surface area contributed by atoms with Crippen molar-refractivity contribution in [3.8, 4) is 6.07 Å². The van der Waals surface area contributed by atoms with Gasteiger partial charge < -0.3 is 10.0 Å². The second kappa shape index (κ2) is 5.98. The number of halogens is 1. The maximum Gasteiger partial charge on any atom is 0.254 e. The molecule has 4 nitrogen and oxygen atoms in total. The maximum atomic E-state index is 13.1. The maximum absolute atomic E-state index is 13.1. The Balaban J connectivity index is 2.03. The van der Waals surface area contributed by atoms with Crippen LogP contribution in [0.15, 0.2) is 42.5 Å². The molecule has 3 rings (SSSR count). The Morgan fingerprint density at radius 1 is 1.24 bits per heavy atom. The van der Waals surface area contributed by atoms with Crippen molar-refractivity contribution in [3.05, 3.63) is 70.5 Å². The fraction of sp³-hybridized carbons (Fsp3) is 0.300. The van der Waals surface area contributed by atoms with Crippen LogP contribution in [-0.4, -0.2) is 29.1 Å². The van der Waals surface area contributed by atoms with E-state index in [1.54, 1.807) is 19.2 Å². The molecule has 128 valence electrons. The third-order valence-electron chi connectivity index (χ3n) is 5.06. The van der Waals surface area contributed by atoms with Crippen LogP contribution in [0.3, 0.4) is 0 Å². The zero-order chi connectivity index (χ0) is 18.4. The molecule has 2 aromatic carbocycles. The minimum absolute atomic E-state index is 0.310. The molecule has 1 aliphatic rings. The molecular weight excluding hydrogens is 319 g/mol. The highest BCUT2D eigenvalue weighted by Gasteiger charge is 2.48. The summed E-state index contributed by atoms with van der Waals surface area (Å²) < 4.78 is 13.1. The second-order valence-electron chi connectivity index (χ2n) is 6.95. The van der Waals surface area contributed by atoms with Crippen molar-refractivity contribution in [2.75, 3.05) is 7.05 Å². The standard InChI is InChI=1S/C20H19FN2O2/c1-20(2)16-9-4-12(11-22)10-15(16)17(18(20)24)23(3)19(25)13-5-7-14(21)8-6-13/h4-10,17-18,24H,1-3H3/t17-,18+/m1/s1. The Hall–Kier alpha value is -2.71. The molecule has 0 unspecified atom stereocenters. The molecule has 0 aromatic heterocycles. The van der Waals surface area contributed by atoms with Crippen molar-refractivity contribution in [1.82, 2.24) is 4.90 Å². The van der Waals surface area contributed by atoms with Crippen molar-refractivity contribution in [1.29, 1.82) is 5.26 Å². The van der Waals surface area contributed by atoms with E-state index >= 15 is 0 Å². The summed E-state index contributed by atoms with van der Waals surface area (Å²) in [6.07, 6.45) is -0.814. The van der Waals surface area contributed by atoms with Gasteiger partial charge in [0.1, 0.15) is 5.82 Å². The van der Waals surface area contributed by atoms with Gasteiger partial charge in [0.05, 0.1) is 23.8 Å². The van der Waals surface area contributed by atoms with Gasteiger partial charge >= 0.3 is 0 Å². The molecule has 1 amide bonds. The van der Waals surface area contributed by atoms with Gasteiger partial charge in [-0.05, 0) is 47.5 Å².